The van der Waals surface area contributed by atoms with E-state index in [9.17, 15) is 14.4 Å². The summed E-state index contributed by atoms with van der Waals surface area (Å²) in [6, 6.07) is 8.26. The standard InChI is InChI=1S/C16H21N3O4/c1-4-12(23-11-9-7-6-8-10-11)13(20)18-19-14(21)16(3,5-2)17-15(19)22/h6-10,12H,4-5H2,1-3H3,(H,17,22)(H,18,20)/t12-,16+/m1/s1. The Balaban J connectivity index is 2.05. The lowest BCUT2D eigenvalue weighted by atomic mass is 10.00. The molecule has 1 aliphatic rings. The molecule has 23 heavy (non-hydrogen) atoms. The Hall–Kier alpha value is -2.57. The number of nitrogens with one attached hydrogen (secondary N) is 2. The molecule has 0 radical (unpaired) electrons. The molecule has 7 heteroatoms. The van der Waals surface area contributed by atoms with Crippen LogP contribution >= 0.6 is 0 Å². The Bertz CT molecular complexity index is 605. The van der Waals surface area contributed by atoms with E-state index in [2.05, 4.69) is 10.7 Å². The van der Waals surface area contributed by atoms with Crippen LogP contribution in [0, 0.1) is 0 Å². The summed E-state index contributed by atoms with van der Waals surface area (Å²) in [6.45, 7) is 5.20. The first-order chi connectivity index (χ1) is 10.9. The molecule has 4 amide bonds. The van der Waals surface area contributed by atoms with E-state index in [1.807, 2.05) is 6.07 Å². The molecular formula is C16H21N3O4. The summed E-state index contributed by atoms with van der Waals surface area (Å²) in [6.07, 6.45) is 0.0309. The number of hydrogen-bond donors (Lipinski definition) is 2. The van der Waals surface area contributed by atoms with E-state index < -0.39 is 29.5 Å². The molecule has 1 aliphatic heterocycles. The lowest BCUT2D eigenvalue weighted by Gasteiger charge is -2.22. The molecule has 2 N–H and O–H groups in total. The van der Waals surface area contributed by atoms with Gasteiger partial charge in [0, 0.05) is 0 Å². The van der Waals surface area contributed by atoms with Gasteiger partial charge in [0.1, 0.15) is 11.3 Å². The van der Waals surface area contributed by atoms with Crippen LogP contribution in [0.15, 0.2) is 30.3 Å². The fraction of sp³-hybridized carbons (Fsp3) is 0.438. The normalized spacial score (nSPS) is 21.8. The molecule has 124 valence electrons. The molecule has 1 heterocycles. The number of ether oxygens (including phenoxy) is 1. The Labute approximate surface area is 135 Å². The molecule has 0 aliphatic carbocycles. The minimum Gasteiger partial charge on any atom is -0.481 e. The Morgan fingerprint density at radius 1 is 1.30 bits per heavy atom. The Kier molecular flexibility index (Phi) is 4.88. The van der Waals surface area contributed by atoms with Crippen LogP contribution in [-0.2, 0) is 9.59 Å². The number of hydrogen-bond acceptors (Lipinski definition) is 4. The zero-order valence-electron chi connectivity index (χ0n) is 13.5. The minimum absolute atomic E-state index is 0.398. The number of benzene rings is 1. The zero-order chi connectivity index (χ0) is 17.0. The van der Waals surface area contributed by atoms with E-state index in [0.29, 0.717) is 18.6 Å². The second kappa shape index (κ2) is 6.68. The van der Waals surface area contributed by atoms with E-state index in [1.54, 1.807) is 45.0 Å². The van der Waals surface area contributed by atoms with Crippen LogP contribution in [0.5, 0.6) is 5.75 Å². The average molecular weight is 319 g/mol. The summed E-state index contributed by atoms with van der Waals surface area (Å²) in [7, 11) is 0. The first-order valence-electron chi connectivity index (χ1n) is 7.60. The molecule has 1 aromatic carbocycles. The van der Waals surface area contributed by atoms with Crippen molar-refractivity contribution in [2.75, 3.05) is 0 Å². The first kappa shape index (κ1) is 16.8. The molecule has 1 aromatic rings. The molecule has 2 rings (SSSR count). The predicted molar refractivity (Wildman–Crippen MR) is 83.4 cm³/mol. The highest BCUT2D eigenvalue weighted by Gasteiger charge is 2.47. The fourth-order valence-corrected chi connectivity index (χ4v) is 2.19. The van der Waals surface area contributed by atoms with E-state index >= 15 is 0 Å². The van der Waals surface area contributed by atoms with Crippen molar-refractivity contribution < 1.29 is 19.1 Å². The second-order valence-electron chi connectivity index (χ2n) is 5.56. The van der Waals surface area contributed by atoms with Gasteiger partial charge >= 0.3 is 6.03 Å². The first-order valence-corrected chi connectivity index (χ1v) is 7.60. The van der Waals surface area contributed by atoms with Crippen LogP contribution in [0.2, 0.25) is 0 Å². The van der Waals surface area contributed by atoms with Gasteiger partial charge in [0.2, 0.25) is 0 Å². The number of rotatable bonds is 6. The molecule has 0 aromatic heterocycles. The molecule has 2 atom stereocenters. The highest BCUT2D eigenvalue weighted by molar-refractivity contribution is 6.07. The van der Waals surface area contributed by atoms with Gasteiger partial charge in [0.15, 0.2) is 6.10 Å². The smallest absolute Gasteiger partial charge is 0.344 e. The number of imide groups is 1. The lowest BCUT2D eigenvalue weighted by molar-refractivity contribution is -0.141. The fourth-order valence-electron chi connectivity index (χ4n) is 2.19. The zero-order valence-corrected chi connectivity index (χ0v) is 13.5. The highest BCUT2D eigenvalue weighted by Crippen LogP contribution is 2.19. The number of carbonyl (C=O) groups excluding carboxylic acids is 3. The molecule has 0 saturated carbocycles. The van der Waals surface area contributed by atoms with Gasteiger partial charge in [-0.05, 0) is 31.9 Å². The maximum Gasteiger partial charge on any atom is 0.344 e. The van der Waals surface area contributed by atoms with E-state index in [4.69, 9.17) is 4.74 Å². The third-order valence-corrected chi connectivity index (χ3v) is 3.87. The molecule has 0 unspecified atom stereocenters. The van der Waals surface area contributed by atoms with Crippen molar-refractivity contribution in [1.29, 1.82) is 0 Å². The average Bonchev–Trinajstić information content (AvgIpc) is 2.77. The number of urea groups is 1. The summed E-state index contributed by atoms with van der Waals surface area (Å²) in [5.74, 6) is -0.474. The van der Waals surface area contributed by atoms with Crippen molar-refractivity contribution in [3.63, 3.8) is 0 Å². The van der Waals surface area contributed by atoms with Crippen LogP contribution in [-0.4, -0.2) is 34.5 Å². The summed E-state index contributed by atoms with van der Waals surface area (Å²) < 4.78 is 5.60. The Morgan fingerprint density at radius 3 is 2.48 bits per heavy atom. The molecule has 0 bridgehead atoms. The van der Waals surface area contributed by atoms with Crippen molar-refractivity contribution >= 4 is 17.8 Å². The molecular weight excluding hydrogens is 298 g/mol. The maximum atomic E-state index is 12.3. The quantitative estimate of drug-likeness (QED) is 0.780. The number of carbonyl (C=O) groups is 3. The van der Waals surface area contributed by atoms with Crippen molar-refractivity contribution in [2.45, 2.75) is 45.3 Å². The van der Waals surface area contributed by atoms with Gasteiger partial charge in [-0.1, -0.05) is 32.0 Å². The second-order valence-corrected chi connectivity index (χ2v) is 5.56. The van der Waals surface area contributed by atoms with Crippen molar-refractivity contribution in [2.24, 2.45) is 0 Å². The van der Waals surface area contributed by atoms with Gasteiger partial charge in [0.05, 0.1) is 0 Å². The van der Waals surface area contributed by atoms with E-state index in [0.717, 1.165) is 5.01 Å². The Morgan fingerprint density at radius 2 is 1.96 bits per heavy atom. The van der Waals surface area contributed by atoms with Gasteiger partial charge in [-0.15, -0.1) is 0 Å². The monoisotopic (exact) mass is 319 g/mol. The highest BCUT2D eigenvalue weighted by atomic mass is 16.5. The molecule has 1 saturated heterocycles. The summed E-state index contributed by atoms with van der Waals surface area (Å²) in [5.41, 5.74) is 1.35. The molecule has 0 spiro atoms. The number of hydrazine groups is 1. The van der Waals surface area contributed by atoms with Gasteiger partial charge in [0.25, 0.3) is 11.8 Å². The van der Waals surface area contributed by atoms with Gasteiger partial charge in [-0.25, -0.2) is 4.79 Å². The van der Waals surface area contributed by atoms with Crippen LogP contribution in [0.4, 0.5) is 4.79 Å². The summed E-state index contributed by atoms with van der Waals surface area (Å²) in [5, 5.41) is 3.30. The van der Waals surface area contributed by atoms with Crippen LogP contribution in [0.25, 0.3) is 0 Å². The van der Waals surface area contributed by atoms with Crippen molar-refractivity contribution in [3.8, 4) is 5.75 Å². The minimum atomic E-state index is -0.994. The topological polar surface area (TPSA) is 87.7 Å². The number of nitrogens with zero attached hydrogens (tertiary/aromatic N) is 1. The summed E-state index contributed by atoms with van der Waals surface area (Å²) >= 11 is 0. The van der Waals surface area contributed by atoms with Crippen LogP contribution in [0.3, 0.4) is 0 Å². The molecule has 7 nitrogen and oxygen atoms in total. The number of amides is 4. The maximum absolute atomic E-state index is 12.3. The molecule has 1 fully saturated rings. The summed E-state index contributed by atoms with van der Waals surface area (Å²) in [4.78, 5) is 36.5. The van der Waals surface area contributed by atoms with E-state index in [-0.39, 0.29) is 0 Å². The van der Waals surface area contributed by atoms with Gasteiger partial charge < -0.3 is 10.1 Å². The van der Waals surface area contributed by atoms with Crippen molar-refractivity contribution in [1.82, 2.24) is 15.8 Å². The third kappa shape index (κ3) is 3.44. The largest absolute Gasteiger partial charge is 0.481 e. The van der Waals surface area contributed by atoms with Gasteiger partial charge in [-0.3, -0.25) is 15.0 Å². The third-order valence-electron chi connectivity index (χ3n) is 3.87. The number of para-hydroxylation sites is 1. The van der Waals surface area contributed by atoms with Crippen molar-refractivity contribution in [3.05, 3.63) is 30.3 Å². The van der Waals surface area contributed by atoms with E-state index in [1.165, 1.54) is 0 Å². The lowest BCUT2D eigenvalue weighted by Crippen LogP contribution is -2.52. The predicted octanol–water partition coefficient (Wildman–Crippen LogP) is 1.60. The van der Waals surface area contributed by atoms with Crippen LogP contribution in [0.1, 0.15) is 33.6 Å². The van der Waals surface area contributed by atoms with Crippen LogP contribution < -0.4 is 15.5 Å². The van der Waals surface area contributed by atoms with Gasteiger partial charge in [-0.2, -0.15) is 5.01 Å². The SMILES string of the molecule is CC[C@@H](Oc1ccccc1)C(=O)NN1C(=O)N[C@@](C)(CC)C1=O.